The Balaban J connectivity index is 0.00000324. The molecule has 0 aromatic heterocycles. The normalized spacial score (nSPS) is 13.2. The number of rotatable bonds is 4. The molecule has 0 aliphatic carbocycles. The zero-order valence-corrected chi connectivity index (χ0v) is 13.4. The van der Waals surface area contributed by atoms with Crippen LogP contribution >= 0.6 is 28.3 Å². The molecule has 0 heterocycles. The molecule has 0 fully saturated rings. The van der Waals surface area contributed by atoms with E-state index in [-0.39, 0.29) is 23.4 Å². The molecule has 0 radical (unpaired) electrons. The predicted molar refractivity (Wildman–Crippen MR) is 74.8 cm³/mol. The second-order valence-corrected chi connectivity index (χ2v) is 6.62. The summed E-state index contributed by atoms with van der Waals surface area (Å²) in [6.45, 7) is 1.65. The highest BCUT2D eigenvalue weighted by Gasteiger charge is 2.28. The van der Waals surface area contributed by atoms with E-state index in [0.717, 1.165) is 10.4 Å². The highest BCUT2D eigenvalue weighted by molar-refractivity contribution is 9.10. The fourth-order valence-electron chi connectivity index (χ4n) is 1.24. The Morgan fingerprint density at radius 3 is 2.37 bits per heavy atom. The molecular weight excluding hydrogens is 366 g/mol. The summed E-state index contributed by atoms with van der Waals surface area (Å²) in [4.78, 5) is -0.703. The third-order valence-electron chi connectivity index (χ3n) is 2.59. The van der Waals surface area contributed by atoms with Crippen molar-refractivity contribution < 1.29 is 17.2 Å². The number of benzene rings is 1. The van der Waals surface area contributed by atoms with Crippen molar-refractivity contribution in [3.63, 3.8) is 0 Å². The van der Waals surface area contributed by atoms with Gasteiger partial charge in [-0.3, -0.25) is 0 Å². The summed E-state index contributed by atoms with van der Waals surface area (Å²) in [6.07, 6.45) is 0. The van der Waals surface area contributed by atoms with Gasteiger partial charge in [-0.15, -0.1) is 12.4 Å². The molecule has 110 valence electrons. The molecule has 0 saturated carbocycles. The Hall–Kier alpha value is -0.280. The van der Waals surface area contributed by atoms with Crippen molar-refractivity contribution in [2.45, 2.75) is 17.9 Å². The van der Waals surface area contributed by atoms with Crippen LogP contribution in [0.1, 0.15) is 6.92 Å². The van der Waals surface area contributed by atoms with E-state index in [0.29, 0.717) is 6.07 Å². The van der Waals surface area contributed by atoms with Crippen molar-refractivity contribution >= 4 is 38.4 Å². The maximum Gasteiger partial charge on any atom is 0.246 e. The zero-order chi connectivity index (χ0) is 14.1. The molecule has 1 atom stereocenters. The Morgan fingerprint density at radius 1 is 1.37 bits per heavy atom. The van der Waals surface area contributed by atoms with Gasteiger partial charge in [0.2, 0.25) is 10.0 Å². The van der Waals surface area contributed by atoms with E-state index >= 15 is 0 Å². The molecular formula is C10H14BrClF2N2O2S. The number of hydrogen-bond acceptors (Lipinski definition) is 3. The first kappa shape index (κ1) is 18.7. The van der Waals surface area contributed by atoms with Gasteiger partial charge >= 0.3 is 0 Å². The average Bonchev–Trinajstić information content (AvgIpc) is 2.31. The van der Waals surface area contributed by atoms with Crippen LogP contribution in [0.15, 0.2) is 21.5 Å². The third kappa shape index (κ3) is 3.85. The molecule has 0 aliphatic heterocycles. The largest absolute Gasteiger partial charge is 0.329 e. The monoisotopic (exact) mass is 378 g/mol. The van der Waals surface area contributed by atoms with E-state index in [1.165, 1.54) is 7.05 Å². The summed E-state index contributed by atoms with van der Waals surface area (Å²) in [5.74, 6) is -1.86. The van der Waals surface area contributed by atoms with Crippen LogP contribution in [0.3, 0.4) is 0 Å². The molecule has 1 rings (SSSR count). The van der Waals surface area contributed by atoms with Gasteiger partial charge in [-0.2, -0.15) is 4.31 Å². The fourth-order valence-corrected chi connectivity index (χ4v) is 2.99. The average molecular weight is 380 g/mol. The van der Waals surface area contributed by atoms with Gasteiger partial charge in [-0.1, -0.05) is 0 Å². The van der Waals surface area contributed by atoms with Crippen LogP contribution in [0.5, 0.6) is 0 Å². The molecule has 0 amide bonds. The number of hydrogen-bond donors (Lipinski definition) is 1. The molecule has 9 heteroatoms. The molecule has 1 unspecified atom stereocenters. The van der Waals surface area contributed by atoms with Crippen LogP contribution in [-0.2, 0) is 10.0 Å². The van der Waals surface area contributed by atoms with Crippen molar-refractivity contribution in [3.05, 3.63) is 28.2 Å². The molecule has 2 N–H and O–H groups in total. The molecule has 4 nitrogen and oxygen atoms in total. The van der Waals surface area contributed by atoms with Gasteiger partial charge in [-0.25, -0.2) is 17.2 Å². The molecule has 0 aliphatic rings. The minimum Gasteiger partial charge on any atom is -0.329 e. The van der Waals surface area contributed by atoms with E-state index < -0.39 is 32.6 Å². The third-order valence-corrected chi connectivity index (χ3v) is 5.19. The lowest BCUT2D eigenvalue weighted by atomic mass is 10.3. The Bertz CT molecular complexity index is 557. The quantitative estimate of drug-likeness (QED) is 0.815. The van der Waals surface area contributed by atoms with Crippen LogP contribution in [0.25, 0.3) is 0 Å². The summed E-state index contributed by atoms with van der Waals surface area (Å²) in [6, 6.07) is 0.915. The lowest BCUT2D eigenvalue weighted by Crippen LogP contribution is -2.40. The number of nitrogens with two attached hydrogens (primary N) is 1. The standard InChI is InChI=1S/C10H13BrF2N2O2S.ClH/c1-6(5-14)15(2)18(16,17)10-4-8(12)7(11)3-9(10)13;/h3-4,6H,5,14H2,1-2H3;1H. The van der Waals surface area contributed by atoms with Gasteiger partial charge in [0.05, 0.1) is 4.47 Å². The fraction of sp³-hybridized carbons (Fsp3) is 0.400. The van der Waals surface area contributed by atoms with E-state index in [1.54, 1.807) is 6.92 Å². The van der Waals surface area contributed by atoms with Crippen LogP contribution < -0.4 is 5.73 Å². The second-order valence-electron chi connectivity index (χ2n) is 3.80. The molecule has 0 saturated heterocycles. The minimum absolute atomic E-state index is 0. The van der Waals surface area contributed by atoms with Gasteiger partial charge in [0.25, 0.3) is 0 Å². The van der Waals surface area contributed by atoms with Crippen molar-refractivity contribution in [1.82, 2.24) is 4.31 Å². The lowest BCUT2D eigenvalue weighted by molar-refractivity contribution is 0.391. The number of nitrogens with zero attached hydrogens (tertiary/aromatic N) is 1. The lowest BCUT2D eigenvalue weighted by Gasteiger charge is -2.23. The Labute approximate surface area is 125 Å². The summed E-state index contributed by atoms with van der Waals surface area (Å²) in [5, 5.41) is 0. The first-order valence-electron chi connectivity index (χ1n) is 5.04. The minimum atomic E-state index is -4.10. The molecule has 0 bridgehead atoms. The van der Waals surface area contributed by atoms with Gasteiger partial charge in [-0.05, 0) is 35.0 Å². The van der Waals surface area contributed by atoms with Crippen LogP contribution in [0, 0.1) is 11.6 Å². The first-order chi connectivity index (χ1) is 8.21. The number of halogens is 4. The smallest absolute Gasteiger partial charge is 0.246 e. The van der Waals surface area contributed by atoms with E-state index in [1.807, 2.05) is 0 Å². The molecule has 0 spiro atoms. The summed E-state index contributed by atoms with van der Waals surface area (Å²) in [7, 11) is -2.83. The van der Waals surface area contributed by atoms with E-state index in [2.05, 4.69) is 15.9 Å². The van der Waals surface area contributed by atoms with Crippen LogP contribution in [-0.4, -0.2) is 32.4 Å². The highest BCUT2D eigenvalue weighted by Crippen LogP contribution is 2.25. The summed E-state index contributed by atoms with van der Waals surface area (Å²) < 4.78 is 51.8. The zero-order valence-electron chi connectivity index (χ0n) is 10.2. The van der Waals surface area contributed by atoms with Crippen LogP contribution in [0.4, 0.5) is 8.78 Å². The van der Waals surface area contributed by atoms with E-state index in [9.17, 15) is 17.2 Å². The molecule has 19 heavy (non-hydrogen) atoms. The van der Waals surface area contributed by atoms with Crippen molar-refractivity contribution in [2.24, 2.45) is 5.73 Å². The maximum atomic E-state index is 13.6. The maximum absolute atomic E-state index is 13.6. The predicted octanol–water partition coefficient (Wildman–Crippen LogP) is 2.12. The SMILES string of the molecule is CC(CN)N(C)S(=O)(=O)c1cc(F)c(Br)cc1F.Cl. The summed E-state index contributed by atoms with van der Waals surface area (Å²) in [5.41, 5.74) is 5.36. The second kappa shape index (κ2) is 6.94. The number of sulfonamides is 1. The van der Waals surface area contributed by atoms with Crippen molar-refractivity contribution in [1.29, 1.82) is 0 Å². The van der Waals surface area contributed by atoms with Gasteiger partial charge in [0.1, 0.15) is 16.5 Å². The van der Waals surface area contributed by atoms with Gasteiger partial charge < -0.3 is 5.73 Å². The topological polar surface area (TPSA) is 63.4 Å². The van der Waals surface area contributed by atoms with Crippen molar-refractivity contribution in [3.8, 4) is 0 Å². The van der Waals surface area contributed by atoms with E-state index in [4.69, 9.17) is 5.73 Å². The van der Waals surface area contributed by atoms with Crippen molar-refractivity contribution in [2.75, 3.05) is 13.6 Å². The Kier molecular flexibility index (Phi) is 6.84. The number of likely N-dealkylation sites (N-methyl/N-ethyl adjacent to an activating group) is 1. The van der Waals surface area contributed by atoms with Gasteiger partial charge in [0.15, 0.2) is 0 Å². The highest BCUT2D eigenvalue weighted by atomic mass is 79.9. The summed E-state index contributed by atoms with van der Waals surface area (Å²) >= 11 is 2.78. The first-order valence-corrected chi connectivity index (χ1v) is 7.27. The van der Waals surface area contributed by atoms with Crippen LogP contribution in [0.2, 0.25) is 0 Å². The van der Waals surface area contributed by atoms with Gasteiger partial charge in [0, 0.05) is 19.6 Å². The molecule has 1 aromatic rings. The molecule has 1 aromatic carbocycles. The Morgan fingerprint density at radius 2 is 1.89 bits per heavy atom.